The maximum absolute atomic E-state index is 5.59. The fourth-order valence-electron chi connectivity index (χ4n) is 1.40. The predicted octanol–water partition coefficient (Wildman–Crippen LogP) is 2.54. The maximum atomic E-state index is 5.59. The van der Waals surface area contributed by atoms with Crippen molar-refractivity contribution in [3.63, 3.8) is 0 Å². The normalized spacial score (nSPS) is 23.0. The maximum Gasteiger partial charge on any atom is 0.107 e. The van der Waals surface area contributed by atoms with Crippen molar-refractivity contribution >= 4 is 15.9 Å². The lowest BCUT2D eigenvalue weighted by atomic mass is 10.1. The molecule has 1 aliphatic rings. The van der Waals surface area contributed by atoms with E-state index >= 15 is 0 Å². The van der Waals surface area contributed by atoms with Crippen LogP contribution in [-0.2, 0) is 9.47 Å². The molecule has 1 fully saturated rings. The molecule has 0 aliphatic carbocycles. The minimum atomic E-state index is 0.0873. The molecule has 0 aromatic heterocycles. The van der Waals surface area contributed by atoms with Gasteiger partial charge in [0.1, 0.15) is 6.10 Å². The molecule has 1 atom stereocenters. The van der Waals surface area contributed by atoms with Crippen LogP contribution in [-0.4, -0.2) is 19.8 Å². The highest BCUT2D eigenvalue weighted by atomic mass is 79.9. The first-order valence-corrected chi connectivity index (χ1v) is 5.11. The SMILES string of the molecule is Brc1ccccc1C1COCCO1. The number of hydrogen-bond donors (Lipinski definition) is 0. The van der Waals surface area contributed by atoms with E-state index in [0.717, 1.165) is 4.47 Å². The van der Waals surface area contributed by atoms with Gasteiger partial charge in [0, 0.05) is 4.47 Å². The lowest BCUT2D eigenvalue weighted by Gasteiger charge is -2.23. The van der Waals surface area contributed by atoms with Crippen LogP contribution in [0.4, 0.5) is 0 Å². The van der Waals surface area contributed by atoms with Gasteiger partial charge < -0.3 is 9.47 Å². The Morgan fingerprint density at radius 1 is 1.23 bits per heavy atom. The second-order valence-corrected chi connectivity index (χ2v) is 3.81. The topological polar surface area (TPSA) is 18.5 Å². The third-order valence-electron chi connectivity index (χ3n) is 2.07. The minimum Gasteiger partial charge on any atom is -0.376 e. The summed E-state index contributed by atoms with van der Waals surface area (Å²) in [6.07, 6.45) is 0.0873. The zero-order valence-corrected chi connectivity index (χ0v) is 8.79. The second-order valence-electron chi connectivity index (χ2n) is 2.96. The lowest BCUT2D eigenvalue weighted by molar-refractivity contribution is -0.0904. The van der Waals surface area contributed by atoms with Gasteiger partial charge in [-0.3, -0.25) is 0 Å². The predicted molar refractivity (Wildman–Crippen MR) is 53.7 cm³/mol. The highest BCUT2D eigenvalue weighted by Gasteiger charge is 2.18. The third-order valence-corrected chi connectivity index (χ3v) is 2.79. The largest absolute Gasteiger partial charge is 0.376 e. The Labute approximate surface area is 86.0 Å². The van der Waals surface area contributed by atoms with Crippen molar-refractivity contribution in [3.05, 3.63) is 34.3 Å². The van der Waals surface area contributed by atoms with E-state index in [-0.39, 0.29) is 6.10 Å². The van der Waals surface area contributed by atoms with Crippen molar-refractivity contribution in [3.8, 4) is 0 Å². The van der Waals surface area contributed by atoms with E-state index in [4.69, 9.17) is 9.47 Å². The molecule has 0 radical (unpaired) electrons. The van der Waals surface area contributed by atoms with Gasteiger partial charge >= 0.3 is 0 Å². The molecule has 2 nitrogen and oxygen atoms in total. The Bertz CT molecular complexity index is 282. The van der Waals surface area contributed by atoms with Crippen LogP contribution in [0.1, 0.15) is 11.7 Å². The van der Waals surface area contributed by atoms with Crippen LogP contribution in [0.5, 0.6) is 0 Å². The van der Waals surface area contributed by atoms with Crippen molar-refractivity contribution in [2.75, 3.05) is 19.8 Å². The molecular formula is C10H11BrO2. The molecule has 1 aliphatic heterocycles. The molecule has 1 saturated heterocycles. The second kappa shape index (κ2) is 4.22. The van der Waals surface area contributed by atoms with Gasteiger partial charge in [0.05, 0.1) is 19.8 Å². The lowest BCUT2D eigenvalue weighted by Crippen LogP contribution is -2.22. The number of ether oxygens (including phenoxy) is 2. The van der Waals surface area contributed by atoms with E-state index in [0.29, 0.717) is 19.8 Å². The zero-order chi connectivity index (χ0) is 9.10. The van der Waals surface area contributed by atoms with E-state index in [1.807, 2.05) is 18.2 Å². The number of hydrogen-bond acceptors (Lipinski definition) is 2. The first kappa shape index (κ1) is 9.19. The molecule has 70 valence electrons. The van der Waals surface area contributed by atoms with E-state index in [9.17, 15) is 0 Å². The molecule has 1 unspecified atom stereocenters. The smallest absolute Gasteiger partial charge is 0.107 e. The average molecular weight is 243 g/mol. The highest BCUT2D eigenvalue weighted by Crippen LogP contribution is 2.27. The summed E-state index contributed by atoms with van der Waals surface area (Å²) in [6, 6.07) is 8.09. The van der Waals surface area contributed by atoms with Crippen LogP contribution < -0.4 is 0 Å². The molecule has 0 N–H and O–H groups in total. The summed E-state index contributed by atoms with van der Waals surface area (Å²) < 4.78 is 12.0. The first-order valence-electron chi connectivity index (χ1n) is 4.31. The Balaban J connectivity index is 2.18. The zero-order valence-electron chi connectivity index (χ0n) is 7.20. The van der Waals surface area contributed by atoms with Crippen molar-refractivity contribution in [1.82, 2.24) is 0 Å². The van der Waals surface area contributed by atoms with Crippen molar-refractivity contribution < 1.29 is 9.47 Å². The van der Waals surface area contributed by atoms with Gasteiger partial charge in [0.15, 0.2) is 0 Å². The van der Waals surface area contributed by atoms with E-state index in [1.54, 1.807) is 0 Å². The summed E-state index contributed by atoms with van der Waals surface area (Å²) in [5, 5.41) is 0. The van der Waals surface area contributed by atoms with Crippen LogP contribution in [0.2, 0.25) is 0 Å². The summed E-state index contributed by atoms with van der Waals surface area (Å²) in [5.41, 5.74) is 1.17. The number of rotatable bonds is 1. The molecule has 13 heavy (non-hydrogen) atoms. The monoisotopic (exact) mass is 242 g/mol. The highest BCUT2D eigenvalue weighted by molar-refractivity contribution is 9.10. The summed E-state index contributed by atoms with van der Waals surface area (Å²) in [5.74, 6) is 0. The Morgan fingerprint density at radius 2 is 2.08 bits per heavy atom. The van der Waals surface area contributed by atoms with Gasteiger partial charge in [0.25, 0.3) is 0 Å². The number of halogens is 1. The van der Waals surface area contributed by atoms with Crippen LogP contribution >= 0.6 is 15.9 Å². The van der Waals surface area contributed by atoms with Crippen molar-refractivity contribution in [2.24, 2.45) is 0 Å². The van der Waals surface area contributed by atoms with Crippen LogP contribution in [0.15, 0.2) is 28.7 Å². The van der Waals surface area contributed by atoms with Gasteiger partial charge in [0.2, 0.25) is 0 Å². The molecule has 3 heteroatoms. The molecule has 0 amide bonds. The molecule has 0 spiro atoms. The Kier molecular flexibility index (Phi) is 2.98. The molecule has 1 heterocycles. The first-order chi connectivity index (χ1) is 6.38. The van der Waals surface area contributed by atoms with Crippen molar-refractivity contribution in [2.45, 2.75) is 6.10 Å². The fourth-order valence-corrected chi connectivity index (χ4v) is 1.94. The third kappa shape index (κ3) is 2.10. The van der Waals surface area contributed by atoms with Gasteiger partial charge in [-0.2, -0.15) is 0 Å². The van der Waals surface area contributed by atoms with Gasteiger partial charge in [-0.25, -0.2) is 0 Å². The Hall–Kier alpha value is -0.380. The summed E-state index contributed by atoms with van der Waals surface area (Å²) >= 11 is 3.50. The molecular weight excluding hydrogens is 232 g/mol. The molecule has 1 aromatic carbocycles. The van der Waals surface area contributed by atoms with Gasteiger partial charge in [-0.15, -0.1) is 0 Å². The summed E-state index contributed by atoms with van der Waals surface area (Å²) in [4.78, 5) is 0. The minimum absolute atomic E-state index is 0.0873. The molecule has 0 bridgehead atoms. The summed E-state index contributed by atoms with van der Waals surface area (Å²) in [7, 11) is 0. The standard InChI is InChI=1S/C10H11BrO2/c11-9-4-2-1-3-8(9)10-7-12-5-6-13-10/h1-4,10H,5-7H2. The quantitative estimate of drug-likeness (QED) is 0.754. The average Bonchev–Trinajstić information content (AvgIpc) is 2.20. The molecule has 2 rings (SSSR count). The number of benzene rings is 1. The molecule has 1 aromatic rings. The van der Waals surface area contributed by atoms with Gasteiger partial charge in [-0.1, -0.05) is 34.1 Å². The fraction of sp³-hybridized carbons (Fsp3) is 0.400. The van der Waals surface area contributed by atoms with Gasteiger partial charge in [-0.05, 0) is 11.6 Å². The van der Waals surface area contributed by atoms with E-state index in [2.05, 4.69) is 22.0 Å². The Morgan fingerprint density at radius 3 is 2.77 bits per heavy atom. The van der Waals surface area contributed by atoms with Crippen LogP contribution in [0, 0.1) is 0 Å². The molecule has 0 saturated carbocycles. The van der Waals surface area contributed by atoms with Crippen LogP contribution in [0.3, 0.4) is 0 Å². The van der Waals surface area contributed by atoms with E-state index in [1.165, 1.54) is 5.56 Å². The summed E-state index contributed by atoms with van der Waals surface area (Å²) in [6.45, 7) is 2.05. The van der Waals surface area contributed by atoms with E-state index < -0.39 is 0 Å². The van der Waals surface area contributed by atoms with Crippen LogP contribution in [0.25, 0.3) is 0 Å². The van der Waals surface area contributed by atoms with Crippen molar-refractivity contribution in [1.29, 1.82) is 0 Å².